The van der Waals surface area contributed by atoms with E-state index in [1.807, 2.05) is 12.4 Å². The van der Waals surface area contributed by atoms with Crippen LogP contribution in [0.2, 0.25) is 0 Å². The molecule has 0 aliphatic heterocycles. The van der Waals surface area contributed by atoms with Gasteiger partial charge in [-0.15, -0.1) is 0 Å². The smallest absolute Gasteiger partial charge is 0.0306 e. The number of rotatable bonds is 5. The minimum atomic E-state index is 0.378. The van der Waals surface area contributed by atoms with Crippen molar-refractivity contribution in [1.29, 1.82) is 0 Å². The van der Waals surface area contributed by atoms with Crippen LogP contribution in [0.15, 0.2) is 24.5 Å². The van der Waals surface area contributed by atoms with Gasteiger partial charge in [-0.05, 0) is 36.9 Å². The van der Waals surface area contributed by atoms with E-state index >= 15 is 0 Å². The molecule has 0 bridgehead atoms. The van der Waals surface area contributed by atoms with Gasteiger partial charge in [0.05, 0.1) is 0 Å². The SMILES string of the molecule is CC(C)CNCC1(c2cccnc2)CCC1. The first-order valence-electron chi connectivity index (χ1n) is 6.34. The standard InChI is InChI=1S/C14H22N2/c1-12(2)9-16-11-14(6-4-7-14)13-5-3-8-15-10-13/h3,5,8,10,12,16H,4,6-7,9,11H2,1-2H3. The number of hydrogen-bond acceptors (Lipinski definition) is 2. The Bertz CT molecular complexity index is 315. The monoisotopic (exact) mass is 218 g/mol. The molecule has 2 nitrogen and oxygen atoms in total. The van der Waals surface area contributed by atoms with Gasteiger partial charge in [0.15, 0.2) is 0 Å². The summed E-state index contributed by atoms with van der Waals surface area (Å²) in [5, 5.41) is 3.60. The first-order chi connectivity index (χ1) is 7.73. The summed E-state index contributed by atoms with van der Waals surface area (Å²) >= 11 is 0. The van der Waals surface area contributed by atoms with E-state index in [1.165, 1.54) is 24.8 Å². The Labute approximate surface area is 98.5 Å². The molecule has 1 heterocycles. The van der Waals surface area contributed by atoms with Crippen LogP contribution in [0.4, 0.5) is 0 Å². The summed E-state index contributed by atoms with van der Waals surface area (Å²) in [4.78, 5) is 4.25. The second-order valence-electron chi connectivity index (χ2n) is 5.40. The van der Waals surface area contributed by atoms with E-state index in [9.17, 15) is 0 Å². The number of nitrogens with zero attached hydrogens (tertiary/aromatic N) is 1. The van der Waals surface area contributed by atoms with Crippen LogP contribution in [0, 0.1) is 5.92 Å². The van der Waals surface area contributed by atoms with Crippen LogP contribution in [0.3, 0.4) is 0 Å². The van der Waals surface area contributed by atoms with Gasteiger partial charge in [0, 0.05) is 24.4 Å². The predicted octanol–water partition coefficient (Wildman–Crippen LogP) is 2.75. The highest BCUT2D eigenvalue weighted by Crippen LogP contribution is 2.42. The van der Waals surface area contributed by atoms with Crippen LogP contribution in [-0.2, 0) is 5.41 Å². The summed E-state index contributed by atoms with van der Waals surface area (Å²) in [5.41, 5.74) is 1.79. The summed E-state index contributed by atoms with van der Waals surface area (Å²) in [6, 6.07) is 4.28. The molecule has 88 valence electrons. The third kappa shape index (κ3) is 2.43. The second kappa shape index (κ2) is 4.96. The van der Waals surface area contributed by atoms with Crippen molar-refractivity contribution in [1.82, 2.24) is 10.3 Å². The molecule has 16 heavy (non-hydrogen) atoms. The Morgan fingerprint density at radius 3 is 2.75 bits per heavy atom. The van der Waals surface area contributed by atoms with Gasteiger partial charge in [0.1, 0.15) is 0 Å². The second-order valence-corrected chi connectivity index (χ2v) is 5.40. The molecule has 0 spiro atoms. The zero-order valence-electron chi connectivity index (χ0n) is 10.4. The van der Waals surface area contributed by atoms with Crippen molar-refractivity contribution in [3.8, 4) is 0 Å². The molecular weight excluding hydrogens is 196 g/mol. The Morgan fingerprint density at radius 2 is 2.25 bits per heavy atom. The van der Waals surface area contributed by atoms with E-state index in [0.29, 0.717) is 5.41 Å². The third-order valence-electron chi connectivity index (χ3n) is 3.60. The highest BCUT2D eigenvalue weighted by molar-refractivity contribution is 5.25. The van der Waals surface area contributed by atoms with Crippen LogP contribution < -0.4 is 5.32 Å². The van der Waals surface area contributed by atoms with Crippen LogP contribution in [-0.4, -0.2) is 18.1 Å². The minimum Gasteiger partial charge on any atom is -0.316 e. The van der Waals surface area contributed by atoms with Gasteiger partial charge in [-0.2, -0.15) is 0 Å². The zero-order chi connectivity index (χ0) is 11.4. The van der Waals surface area contributed by atoms with E-state index in [4.69, 9.17) is 0 Å². The van der Waals surface area contributed by atoms with E-state index in [2.05, 4.69) is 36.3 Å². The number of aromatic nitrogens is 1. The van der Waals surface area contributed by atoms with Gasteiger partial charge >= 0.3 is 0 Å². The van der Waals surface area contributed by atoms with Crippen LogP contribution in [0.5, 0.6) is 0 Å². The number of nitrogens with one attached hydrogen (secondary N) is 1. The summed E-state index contributed by atoms with van der Waals surface area (Å²) in [6.07, 6.45) is 7.87. The molecule has 0 saturated heterocycles. The zero-order valence-corrected chi connectivity index (χ0v) is 10.4. The maximum absolute atomic E-state index is 4.25. The van der Waals surface area contributed by atoms with Crippen LogP contribution >= 0.6 is 0 Å². The van der Waals surface area contributed by atoms with Gasteiger partial charge in [-0.25, -0.2) is 0 Å². The lowest BCUT2D eigenvalue weighted by molar-refractivity contribution is 0.230. The van der Waals surface area contributed by atoms with E-state index in [1.54, 1.807) is 0 Å². The fourth-order valence-electron chi connectivity index (χ4n) is 2.45. The normalized spacial score (nSPS) is 18.4. The number of hydrogen-bond donors (Lipinski definition) is 1. The highest BCUT2D eigenvalue weighted by Gasteiger charge is 2.38. The Hall–Kier alpha value is -0.890. The van der Waals surface area contributed by atoms with E-state index in [0.717, 1.165) is 19.0 Å². The lowest BCUT2D eigenvalue weighted by atomic mass is 9.65. The number of pyridine rings is 1. The van der Waals surface area contributed by atoms with Gasteiger partial charge in [-0.1, -0.05) is 26.3 Å². The minimum absolute atomic E-state index is 0.378. The topological polar surface area (TPSA) is 24.9 Å². The molecule has 1 aromatic heterocycles. The molecule has 1 fully saturated rings. The maximum atomic E-state index is 4.25. The molecule has 1 aromatic rings. The van der Waals surface area contributed by atoms with E-state index < -0.39 is 0 Å². The van der Waals surface area contributed by atoms with Crippen LogP contribution in [0.1, 0.15) is 38.7 Å². The molecular formula is C14H22N2. The van der Waals surface area contributed by atoms with Crippen molar-refractivity contribution < 1.29 is 0 Å². The average molecular weight is 218 g/mol. The van der Waals surface area contributed by atoms with Crippen molar-refractivity contribution in [2.24, 2.45) is 5.92 Å². The Kier molecular flexibility index (Phi) is 3.59. The quantitative estimate of drug-likeness (QED) is 0.822. The molecule has 0 amide bonds. The predicted molar refractivity (Wildman–Crippen MR) is 67.5 cm³/mol. The molecule has 2 heteroatoms. The van der Waals surface area contributed by atoms with Gasteiger partial charge in [0.25, 0.3) is 0 Å². The van der Waals surface area contributed by atoms with Crippen molar-refractivity contribution in [3.63, 3.8) is 0 Å². The molecule has 1 saturated carbocycles. The summed E-state index contributed by atoms with van der Waals surface area (Å²) in [5.74, 6) is 0.728. The first kappa shape index (κ1) is 11.6. The van der Waals surface area contributed by atoms with Crippen molar-refractivity contribution in [2.45, 2.75) is 38.5 Å². The summed E-state index contributed by atoms with van der Waals surface area (Å²) < 4.78 is 0. The van der Waals surface area contributed by atoms with Gasteiger partial charge in [0.2, 0.25) is 0 Å². The lowest BCUT2D eigenvalue weighted by Crippen LogP contribution is -2.44. The average Bonchev–Trinajstić information content (AvgIpc) is 2.23. The van der Waals surface area contributed by atoms with Crippen molar-refractivity contribution in [3.05, 3.63) is 30.1 Å². The van der Waals surface area contributed by atoms with Gasteiger partial charge < -0.3 is 5.32 Å². The molecule has 0 atom stereocenters. The fraction of sp³-hybridized carbons (Fsp3) is 0.643. The van der Waals surface area contributed by atoms with Gasteiger partial charge in [-0.3, -0.25) is 4.98 Å². The van der Waals surface area contributed by atoms with E-state index in [-0.39, 0.29) is 0 Å². The van der Waals surface area contributed by atoms with Crippen LogP contribution in [0.25, 0.3) is 0 Å². The maximum Gasteiger partial charge on any atom is 0.0306 e. The molecule has 2 rings (SSSR count). The third-order valence-corrected chi connectivity index (χ3v) is 3.60. The molecule has 1 aliphatic rings. The Morgan fingerprint density at radius 1 is 1.44 bits per heavy atom. The molecule has 1 aliphatic carbocycles. The largest absolute Gasteiger partial charge is 0.316 e. The lowest BCUT2D eigenvalue weighted by Gasteiger charge is -2.42. The molecule has 1 N–H and O–H groups in total. The molecule has 0 aromatic carbocycles. The molecule has 0 unspecified atom stereocenters. The highest BCUT2D eigenvalue weighted by atomic mass is 14.9. The molecule has 0 radical (unpaired) electrons. The summed E-state index contributed by atoms with van der Waals surface area (Å²) in [6.45, 7) is 6.73. The van der Waals surface area contributed by atoms with Crippen molar-refractivity contribution >= 4 is 0 Å². The first-order valence-corrected chi connectivity index (χ1v) is 6.34. The van der Waals surface area contributed by atoms with Crippen molar-refractivity contribution in [2.75, 3.05) is 13.1 Å². The summed E-state index contributed by atoms with van der Waals surface area (Å²) in [7, 11) is 0. The fourth-order valence-corrected chi connectivity index (χ4v) is 2.45. The Balaban J connectivity index is 1.97.